The van der Waals surface area contributed by atoms with Gasteiger partial charge < -0.3 is 106 Å². The predicted molar refractivity (Wildman–Crippen MR) is 74.8 cm³/mol. The van der Waals surface area contributed by atoms with Crippen molar-refractivity contribution in [2.75, 3.05) is 0 Å². The molecule has 37 heteroatoms. The summed E-state index contributed by atoms with van der Waals surface area (Å²) in [5, 5.41) is 177. The van der Waals surface area contributed by atoms with E-state index in [2.05, 4.69) is 0 Å². The van der Waals surface area contributed by atoms with Gasteiger partial charge in [-0.3, -0.25) is 51.2 Å². The molecule has 0 aromatic carbocycles. The Labute approximate surface area is 344 Å². The Bertz CT molecular complexity index is 159. The maximum Gasteiger partial charge on any atom is 3.00 e. The second kappa shape index (κ2) is 96.9. The van der Waals surface area contributed by atoms with Crippen LogP contribution in [0.3, 0.4) is 0 Å². The third kappa shape index (κ3) is 1940. The number of rotatable bonds is 0. The maximum atomic E-state index is 8.42. The molecule has 6 radical (unpaired) electrons. The Morgan fingerprint density at radius 2 is 0.189 bits per heavy atom. The van der Waals surface area contributed by atoms with E-state index in [0.717, 1.165) is 0 Å². The van der Waals surface area contributed by atoms with Crippen molar-refractivity contribution in [1.29, 1.82) is 0 Å². The zero-order valence-electron chi connectivity index (χ0n) is 18.0. The summed E-state index contributed by atoms with van der Waals surface area (Å²) in [5.41, 5.74) is 0. The molecule has 0 spiro atoms. The SMILES string of the molecule is [Al+3].[Al+3].[Al+3].[O-]B([O-])[O-].[O-]B([O-])[O-].[O-]B([O-])[O-].[O-]B([O-])[O-].[O-]B([O-])[O-].[O-]B([O-])[O-].[O-]B([O-])[O-].[Pb+2].[Pb+2].[Pb+2].[Zn+2].[Zn+2].[Zn+2]. The molecule has 0 amide bonds. The molecule has 37 heavy (non-hydrogen) atoms. The Morgan fingerprint density at radius 3 is 0.189 bits per heavy atom. The van der Waals surface area contributed by atoms with Gasteiger partial charge in [-0.25, -0.2) is 0 Å². The summed E-state index contributed by atoms with van der Waals surface area (Å²) in [7, 11) is -20.4. The van der Waals surface area contributed by atoms with Crippen LogP contribution in [0.4, 0.5) is 0 Å². The summed E-state index contributed by atoms with van der Waals surface area (Å²) in [4.78, 5) is 0. The van der Waals surface area contributed by atoms with E-state index in [0.29, 0.717) is 0 Å². The molecule has 0 unspecified atom stereocenters. The average molecular weight is 1310 g/mol. The first-order valence-electron chi connectivity index (χ1n) is 4.95. The monoisotopic (exact) mass is 1310 g/mol. The molecule has 21 nitrogen and oxygen atoms in total. The minimum absolute atomic E-state index is 0. The van der Waals surface area contributed by atoms with Crippen molar-refractivity contribution in [2.24, 2.45) is 0 Å². The van der Waals surface area contributed by atoms with Crippen molar-refractivity contribution in [3.05, 3.63) is 0 Å². The topological polar surface area (TPSA) is 484 Å². The molecule has 0 bridgehead atoms. The molecule has 0 aliphatic heterocycles. The third-order valence-electron chi connectivity index (χ3n) is 0. The Hall–Kier alpha value is 5.85. The summed E-state index contributed by atoms with van der Waals surface area (Å²) in [5.74, 6) is 0. The first kappa shape index (κ1) is 104. The third-order valence-corrected chi connectivity index (χ3v) is 0. The Kier molecular flexibility index (Phi) is 273. The van der Waals surface area contributed by atoms with Gasteiger partial charge in [0, 0.05) is 0 Å². The minimum atomic E-state index is -2.92. The summed E-state index contributed by atoms with van der Waals surface area (Å²) >= 11 is 0. The molecule has 0 atom stereocenters. The molecule has 0 aliphatic rings. The Balaban J connectivity index is -0.00000000955. The molecule has 0 saturated heterocycles. The maximum absolute atomic E-state index is 8.42. The fourth-order valence-corrected chi connectivity index (χ4v) is 0. The van der Waals surface area contributed by atoms with Crippen molar-refractivity contribution >= 4 is 185 Å². The fourth-order valence-electron chi connectivity index (χ4n) is 0. The smallest absolute Gasteiger partial charge is 0.907 e. The minimum Gasteiger partial charge on any atom is -0.907 e. The van der Waals surface area contributed by atoms with Crippen molar-refractivity contribution in [1.82, 2.24) is 0 Å². The normalized spacial score (nSPS) is 5.11. The van der Waals surface area contributed by atoms with Gasteiger partial charge in [-0.05, 0) is 0 Å². The molecule has 0 fully saturated rings. The van der Waals surface area contributed by atoms with Gasteiger partial charge in [-0.2, -0.15) is 0 Å². The fraction of sp³-hybridized carbons (Fsp3) is 0. The van der Waals surface area contributed by atoms with Gasteiger partial charge in [0.25, 0.3) is 0 Å². The molecular weight excluding hydrogens is 1310 g/mol. The zero-order valence-corrected chi connectivity index (χ0v) is 42.0. The van der Waals surface area contributed by atoms with Gasteiger partial charge in [-0.1, -0.05) is 0 Å². The van der Waals surface area contributed by atoms with Gasteiger partial charge in [0.1, 0.15) is 0 Å². The van der Waals surface area contributed by atoms with Crippen molar-refractivity contribution in [3.63, 3.8) is 0 Å². The quantitative estimate of drug-likeness (QED) is 0.203. The van der Waals surface area contributed by atoms with Crippen LogP contribution in [0.15, 0.2) is 0 Å². The van der Waals surface area contributed by atoms with Crippen LogP contribution in [0.25, 0.3) is 0 Å². The van der Waals surface area contributed by atoms with E-state index in [9.17, 15) is 0 Å². The van der Waals surface area contributed by atoms with Crippen molar-refractivity contribution in [2.45, 2.75) is 0 Å². The summed E-state index contributed by atoms with van der Waals surface area (Å²) in [6, 6.07) is 0. The van der Waals surface area contributed by atoms with Crippen LogP contribution in [-0.4, -0.2) is 185 Å². The summed E-state index contributed by atoms with van der Waals surface area (Å²) in [6.45, 7) is 0. The van der Waals surface area contributed by atoms with Crippen molar-refractivity contribution < 1.29 is 164 Å². The van der Waals surface area contributed by atoms with Crippen LogP contribution < -0.4 is 106 Å². The van der Waals surface area contributed by atoms with Gasteiger partial charge in [0.2, 0.25) is 0 Å². The summed E-state index contributed by atoms with van der Waals surface area (Å²) in [6.07, 6.45) is 0. The first-order valence-corrected chi connectivity index (χ1v) is 4.95. The first-order chi connectivity index (χ1) is 12.1. The molecule has 0 N–H and O–H groups in total. The number of hydrogen-bond donors (Lipinski definition) is 0. The van der Waals surface area contributed by atoms with E-state index in [4.69, 9.17) is 106 Å². The van der Waals surface area contributed by atoms with Crippen LogP contribution in [0.5, 0.6) is 0 Å². The molecule has 0 aliphatic carbocycles. The van der Waals surface area contributed by atoms with Gasteiger partial charge in [0.15, 0.2) is 0 Å². The molecule has 0 heterocycles. The van der Waals surface area contributed by atoms with Gasteiger partial charge >= 0.3 is 192 Å². The van der Waals surface area contributed by atoms with Crippen LogP contribution in [-0.2, 0) is 58.4 Å². The molecule has 0 aromatic rings. The molecule has 0 rings (SSSR count). The van der Waals surface area contributed by atoms with Crippen LogP contribution in [0, 0.1) is 0 Å². The van der Waals surface area contributed by atoms with Crippen LogP contribution >= 0.6 is 0 Å². The molecule has 0 saturated carbocycles. The molecular formula is Al3B7O21Pb3Zn3. The second-order valence-corrected chi connectivity index (χ2v) is 2.02. The predicted octanol–water partition coefficient (Wildman–Crippen LogP) is -29.9. The molecule has 174 valence electrons. The molecule has 0 aromatic heterocycles. The standard InChI is InChI=1S/3Al.7BO3.3Pb.3Zn/c;;;7*2-1(3)4;;;;;;/q3*+3;7*-3;6*+2. The zero-order chi connectivity index (χ0) is 25.0. The number of hydrogen-bond acceptors (Lipinski definition) is 21. The van der Waals surface area contributed by atoms with E-state index in [-0.39, 0.29) is 192 Å². The average Bonchev–Trinajstić information content (AvgIpc) is 2.20. The van der Waals surface area contributed by atoms with E-state index in [1.807, 2.05) is 0 Å². The van der Waals surface area contributed by atoms with E-state index in [1.54, 1.807) is 0 Å². The van der Waals surface area contributed by atoms with Gasteiger partial charge in [-0.15, -0.1) is 0 Å². The van der Waals surface area contributed by atoms with Gasteiger partial charge in [0.05, 0.1) is 0 Å². The van der Waals surface area contributed by atoms with Crippen LogP contribution in [0.2, 0.25) is 0 Å². The van der Waals surface area contributed by atoms with E-state index in [1.165, 1.54) is 0 Å². The van der Waals surface area contributed by atoms with E-state index < -0.39 is 51.2 Å². The Morgan fingerprint density at radius 1 is 0.189 bits per heavy atom. The summed E-state index contributed by atoms with van der Waals surface area (Å²) < 4.78 is 0. The second-order valence-electron chi connectivity index (χ2n) is 2.02. The van der Waals surface area contributed by atoms with Crippen LogP contribution in [0.1, 0.15) is 0 Å². The van der Waals surface area contributed by atoms with Crippen molar-refractivity contribution in [3.8, 4) is 0 Å². The van der Waals surface area contributed by atoms with E-state index >= 15 is 0 Å². The largest absolute Gasteiger partial charge is 3.00 e.